The van der Waals surface area contributed by atoms with Gasteiger partial charge >= 0.3 is 5.82 Å². The third-order valence-electron chi connectivity index (χ3n) is 2.45. The highest BCUT2D eigenvalue weighted by molar-refractivity contribution is 9.10. The minimum absolute atomic E-state index is 0.224. The Bertz CT molecular complexity index is 481. The van der Waals surface area contributed by atoms with Crippen LogP contribution in [0.15, 0.2) is 16.7 Å². The second kappa shape index (κ2) is 7.15. The van der Waals surface area contributed by atoms with Crippen molar-refractivity contribution in [1.82, 2.24) is 9.88 Å². The van der Waals surface area contributed by atoms with Gasteiger partial charge in [0.2, 0.25) is 0 Å². The van der Waals surface area contributed by atoms with Gasteiger partial charge in [0.25, 0.3) is 5.91 Å². The molecule has 1 rings (SSSR count). The molecule has 0 atom stereocenters. The minimum atomic E-state index is -0.631. The quantitative estimate of drug-likeness (QED) is 0.451. The summed E-state index contributed by atoms with van der Waals surface area (Å²) in [6.45, 7) is 1.06. The highest BCUT2D eigenvalue weighted by Gasteiger charge is 2.20. The molecule has 0 aliphatic heterocycles. The van der Waals surface area contributed by atoms with Gasteiger partial charge in [0.1, 0.15) is 0 Å². The molecule has 0 spiro atoms. The van der Waals surface area contributed by atoms with Gasteiger partial charge in [0.15, 0.2) is 6.20 Å². The number of methoxy groups -OCH3 is 1. The van der Waals surface area contributed by atoms with Crippen molar-refractivity contribution in [3.05, 3.63) is 32.4 Å². The molecule has 0 aliphatic rings. The van der Waals surface area contributed by atoms with Crippen LogP contribution in [0.4, 0.5) is 5.82 Å². The Kier molecular flexibility index (Phi) is 5.84. The fraction of sp³-hybridized carbons (Fsp3) is 0.455. The zero-order chi connectivity index (χ0) is 14.4. The first-order valence-corrected chi connectivity index (χ1v) is 6.31. The molecule has 0 saturated heterocycles. The van der Waals surface area contributed by atoms with Crippen molar-refractivity contribution in [2.75, 3.05) is 27.3 Å². The summed E-state index contributed by atoms with van der Waals surface area (Å²) in [4.78, 5) is 27.3. The van der Waals surface area contributed by atoms with Gasteiger partial charge in [-0.1, -0.05) is 0 Å². The molecule has 1 amide bonds. The van der Waals surface area contributed by atoms with E-state index in [2.05, 4.69) is 20.9 Å². The fourth-order valence-corrected chi connectivity index (χ4v) is 1.83. The van der Waals surface area contributed by atoms with Gasteiger partial charge in [0.05, 0.1) is 10.0 Å². The zero-order valence-electron chi connectivity index (χ0n) is 10.6. The van der Waals surface area contributed by atoms with E-state index >= 15 is 0 Å². The van der Waals surface area contributed by atoms with E-state index in [-0.39, 0.29) is 17.3 Å². The van der Waals surface area contributed by atoms with Gasteiger partial charge in [-0.2, -0.15) is 0 Å². The molecule has 104 valence electrons. The van der Waals surface area contributed by atoms with Crippen LogP contribution in [0.5, 0.6) is 0 Å². The SMILES string of the molecule is COCCCN(C)C(=O)c1cc([N+](=O)[O-])ncc1Br. The maximum absolute atomic E-state index is 12.1. The standard InChI is InChI=1S/C11H14BrN3O4/c1-14(4-3-5-19-2)11(16)8-6-10(15(17)18)13-7-9(8)12/h6-7H,3-5H2,1-2H3. The van der Waals surface area contributed by atoms with E-state index in [1.165, 1.54) is 17.2 Å². The van der Waals surface area contributed by atoms with E-state index < -0.39 is 4.92 Å². The maximum atomic E-state index is 12.1. The van der Waals surface area contributed by atoms with Crippen molar-refractivity contribution in [1.29, 1.82) is 0 Å². The summed E-state index contributed by atoms with van der Waals surface area (Å²) >= 11 is 3.17. The Hall–Kier alpha value is -1.54. The van der Waals surface area contributed by atoms with Gasteiger partial charge in [-0.3, -0.25) is 4.79 Å². The molecular weight excluding hydrogens is 318 g/mol. The average Bonchev–Trinajstić information content (AvgIpc) is 2.38. The predicted octanol–water partition coefficient (Wildman–Crippen LogP) is 1.86. The zero-order valence-corrected chi connectivity index (χ0v) is 12.2. The number of ether oxygens (including phenoxy) is 1. The van der Waals surface area contributed by atoms with Crippen LogP contribution in [0.3, 0.4) is 0 Å². The van der Waals surface area contributed by atoms with E-state index in [1.54, 1.807) is 14.2 Å². The predicted molar refractivity (Wildman–Crippen MR) is 72.0 cm³/mol. The smallest absolute Gasteiger partial charge is 0.364 e. The summed E-state index contributed by atoms with van der Waals surface area (Å²) in [6, 6.07) is 1.17. The van der Waals surface area contributed by atoms with Crippen LogP contribution >= 0.6 is 15.9 Å². The van der Waals surface area contributed by atoms with Gasteiger partial charge in [0, 0.05) is 33.4 Å². The number of pyridine rings is 1. The number of halogens is 1. The Morgan fingerprint density at radius 2 is 2.32 bits per heavy atom. The molecule has 0 radical (unpaired) electrons. The Balaban J connectivity index is 2.86. The lowest BCUT2D eigenvalue weighted by molar-refractivity contribution is -0.389. The van der Waals surface area contributed by atoms with Crippen LogP contribution in [0.1, 0.15) is 16.8 Å². The molecule has 0 saturated carbocycles. The number of hydrogen-bond donors (Lipinski definition) is 0. The van der Waals surface area contributed by atoms with E-state index in [0.717, 1.165) is 0 Å². The minimum Gasteiger partial charge on any atom is -0.385 e. The molecule has 0 bridgehead atoms. The Morgan fingerprint density at radius 3 is 2.89 bits per heavy atom. The van der Waals surface area contributed by atoms with E-state index in [1.807, 2.05) is 0 Å². The number of carbonyl (C=O) groups excluding carboxylic acids is 1. The lowest BCUT2D eigenvalue weighted by atomic mass is 10.2. The molecule has 1 aromatic heterocycles. The summed E-state index contributed by atoms with van der Waals surface area (Å²) in [5, 5.41) is 10.7. The third kappa shape index (κ3) is 4.25. The van der Waals surface area contributed by atoms with Crippen LogP contribution in [0.2, 0.25) is 0 Å². The highest BCUT2D eigenvalue weighted by Crippen LogP contribution is 2.21. The number of nitrogens with zero attached hydrogens (tertiary/aromatic N) is 3. The molecule has 0 aromatic carbocycles. The summed E-state index contributed by atoms with van der Waals surface area (Å²) in [7, 11) is 3.22. The first kappa shape index (κ1) is 15.5. The van der Waals surface area contributed by atoms with Crippen molar-refractivity contribution >= 4 is 27.7 Å². The third-order valence-corrected chi connectivity index (χ3v) is 3.08. The molecule has 0 N–H and O–H groups in total. The van der Waals surface area contributed by atoms with Crippen molar-refractivity contribution in [2.24, 2.45) is 0 Å². The Labute approximate surface area is 118 Å². The second-order valence-electron chi connectivity index (χ2n) is 3.85. The van der Waals surface area contributed by atoms with Gasteiger partial charge in [-0.05, 0) is 32.3 Å². The van der Waals surface area contributed by atoms with Crippen LogP contribution < -0.4 is 0 Å². The fourth-order valence-electron chi connectivity index (χ4n) is 1.44. The molecule has 0 fully saturated rings. The van der Waals surface area contributed by atoms with E-state index in [0.29, 0.717) is 24.0 Å². The highest BCUT2D eigenvalue weighted by atomic mass is 79.9. The average molecular weight is 332 g/mol. The summed E-state index contributed by atoms with van der Waals surface area (Å²) in [6.07, 6.45) is 1.96. The molecule has 1 aromatic rings. The van der Waals surface area contributed by atoms with E-state index in [9.17, 15) is 14.9 Å². The van der Waals surface area contributed by atoms with Crippen LogP contribution in [-0.2, 0) is 4.74 Å². The normalized spacial score (nSPS) is 10.3. The van der Waals surface area contributed by atoms with Gasteiger partial charge in [-0.25, -0.2) is 0 Å². The number of amides is 1. The summed E-state index contributed by atoms with van der Waals surface area (Å²) < 4.78 is 5.34. The second-order valence-corrected chi connectivity index (χ2v) is 4.71. The maximum Gasteiger partial charge on any atom is 0.364 e. The first-order valence-electron chi connectivity index (χ1n) is 5.51. The van der Waals surface area contributed by atoms with Crippen molar-refractivity contribution in [3.8, 4) is 0 Å². The number of hydrogen-bond acceptors (Lipinski definition) is 5. The molecule has 8 heteroatoms. The molecule has 0 aliphatic carbocycles. The molecule has 0 unspecified atom stereocenters. The topological polar surface area (TPSA) is 85.6 Å². The number of aromatic nitrogens is 1. The summed E-state index contributed by atoms with van der Waals surface area (Å²) in [5.74, 6) is -0.648. The van der Waals surface area contributed by atoms with Crippen molar-refractivity contribution < 1.29 is 14.5 Å². The number of nitro groups is 1. The van der Waals surface area contributed by atoms with Crippen LogP contribution in [0, 0.1) is 10.1 Å². The molecule has 1 heterocycles. The summed E-state index contributed by atoms with van der Waals surface area (Å²) in [5.41, 5.74) is 0.224. The lowest BCUT2D eigenvalue weighted by Gasteiger charge is -2.17. The molecular formula is C11H14BrN3O4. The van der Waals surface area contributed by atoms with Crippen molar-refractivity contribution in [3.63, 3.8) is 0 Å². The van der Waals surface area contributed by atoms with Crippen molar-refractivity contribution in [2.45, 2.75) is 6.42 Å². The van der Waals surface area contributed by atoms with Crippen LogP contribution in [-0.4, -0.2) is 48.0 Å². The lowest BCUT2D eigenvalue weighted by Crippen LogP contribution is -2.28. The van der Waals surface area contributed by atoms with Crippen LogP contribution in [0.25, 0.3) is 0 Å². The van der Waals surface area contributed by atoms with E-state index in [4.69, 9.17) is 4.74 Å². The molecule has 7 nitrogen and oxygen atoms in total. The Morgan fingerprint density at radius 1 is 1.63 bits per heavy atom. The molecule has 19 heavy (non-hydrogen) atoms. The number of rotatable bonds is 6. The van der Waals surface area contributed by atoms with Gasteiger partial charge in [-0.15, -0.1) is 0 Å². The largest absolute Gasteiger partial charge is 0.385 e. The van der Waals surface area contributed by atoms with Gasteiger partial charge < -0.3 is 19.8 Å². The monoisotopic (exact) mass is 331 g/mol. The number of carbonyl (C=O) groups is 1. The first-order chi connectivity index (χ1) is 8.97.